The second-order valence-corrected chi connectivity index (χ2v) is 8.53. The number of rotatable bonds is 14. The second-order valence-electron chi connectivity index (χ2n) is 8.53. The van der Waals surface area contributed by atoms with Crippen LogP contribution in [0.4, 0.5) is 0 Å². The summed E-state index contributed by atoms with van der Waals surface area (Å²) in [5.41, 5.74) is 0.106. The van der Waals surface area contributed by atoms with E-state index in [2.05, 4.69) is 0 Å². The van der Waals surface area contributed by atoms with E-state index in [0.717, 1.165) is 89.9 Å². The van der Waals surface area contributed by atoms with Crippen LogP contribution in [0.5, 0.6) is 0 Å². The Morgan fingerprint density at radius 3 is 1.42 bits per heavy atom. The molecule has 0 amide bonds. The van der Waals surface area contributed by atoms with Crippen LogP contribution in [0, 0.1) is 10.8 Å². The van der Waals surface area contributed by atoms with Crippen molar-refractivity contribution in [3.05, 3.63) is 0 Å². The lowest BCUT2D eigenvalue weighted by Gasteiger charge is -2.13. The SMILES string of the molecule is CC(=O)C1(CCCCCC(O)CCCCCC2(C(C)=O)CC2)CC1. The van der Waals surface area contributed by atoms with Crippen molar-refractivity contribution < 1.29 is 14.7 Å². The smallest absolute Gasteiger partial charge is 0.135 e. The highest BCUT2D eigenvalue weighted by Gasteiger charge is 2.46. The first-order chi connectivity index (χ1) is 11.4. The van der Waals surface area contributed by atoms with Crippen LogP contribution >= 0.6 is 0 Å². The number of carbonyl (C=O) groups excluding carboxylic acids is 2. The van der Waals surface area contributed by atoms with E-state index in [1.54, 1.807) is 13.8 Å². The molecule has 138 valence electrons. The van der Waals surface area contributed by atoms with Crippen molar-refractivity contribution >= 4 is 11.6 Å². The van der Waals surface area contributed by atoms with Gasteiger partial charge in [-0.05, 0) is 65.2 Å². The standard InChI is InChI=1S/C21H36O3/c1-17(22)20(13-14-20)11-7-3-5-9-19(24)10-6-4-8-12-21(15-16-21)18(2)23/h19,24H,3-16H2,1-2H3. The van der Waals surface area contributed by atoms with E-state index in [1.165, 1.54) is 0 Å². The number of hydrogen-bond donors (Lipinski definition) is 1. The van der Waals surface area contributed by atoms with E-state index in [-0.39, 0.29) is 16.9 Å². The molecule has 0 saturated heterocycles. The summed E-state index contributed by atoms with van der Waals surface area (Å²) in [7, 11) is 0. The lowest BCUT2D eigenvalue weighted by molar-refractivity contribution is -0.123. The Kier molecular flexibility index (Phi) is 7.03. The van der Waals surface area contributed by atoms with Crippen molar-refractivity contribution in [3.8, 4) is 0 Å². The summed E-state index contributed by atoms with van der Waals surface area (Å²) in [6.45, 7) is 3.47. The molecule has 0 atom stereocenters. The Bertz CT molecular complexity index is 392. The molecule has 0 aliphatic heterocycles. The van der Waals surface area contributed by atoms with Crippen molar-refractivity contribution in [1.82, 2.24) is 0 Å². The number of unbranched alkanes of at least 4 members (excludes halogenated alkanes) is 4. The number of carbonyl (C=O) groups is 2. The molecule has 3 nitrogen and oxygen atoms in total. The molecule has 0 bridgehead atoms. The van der Waals surface area contributed by atoms with Crippen molar-refractivity contribution in [2.24, 2.45) is 10.8 Å². The van der Waals surface area contributed by atoms with Crippen LogP contribution in [0.2, 0.25) is 0 Å². The van der Waals surface area contributed by atoms with Gasteiger partial charge in [0.2, 0.25) is 0 Å². The Hall–Kier alpha value is -0.700. The summed E-state index contributed by atoms with van der Waals surface area (Å²) in [5, 5.41) is 10.1. The summed E-state index contributed by atoms with van der Waals surface area (Å²) in [5.74, 6) is 0.751. The summed E-state index contributed by atoms with van der Waals surface area (Å²) in [6.07, 6.45) is 14.7. The Morgan fingerprint density at radius 2 is 1.12 bits per heavy atom. The molecule has 0 aromatic carbocycles. The van der Waals surface area contributed by atoms with Gasteiger partial charge in [-0.3, -0.25) is 9.59 Å². The van der Waals surface area contributed by atoms with Crippen molar-refractivity contribution in [2.75, 3.05) is 0 Å². The number of hydrogen-bond acceptors (Lipinski definition) is 3. The van der Waals surface area contributed by atoms with E-state index < -0.39 is 0 Å². The van der Waals surface area contributed by atoms with Crippen molar-refractivity contribution in [3.63, 3.8) is 0 Å². The highest BCUT2D eigenvalue weighted by molar-refractivity contribution is 5.85. The van der Waals surface area contributed by atoms with Gasteiger partial charge in [0.15, 0.2) is 0 Å². The summed E-state index contributed by atoms with van der Waals surface area (Å²) < 4.78 is 0. The molecule has 2 aliphatic carbocycles. The van der Waals surface area contributed by atoms with Crippen molar-refractivity contribution in [2.45, 2.75) is 110 Å². The number of aliphatic hydroxyl groups is 1. The molecular formula is C21H36O3. The fourth-order valence-corrected chi connectivity index (χ4v) is 4.04. The molecule has 0 aromatic heterocycles. The average molecular weight is 337 g/mol. The fourth-order valence-electron chi connectivity index (χ4n) is 4.04. The predicted molar refractivity (Wildman–Crippen MR) is 96.9 cm³/mol. The quantitative estimate of drug-likeness (QED) is 0.455. The minimum atomic E-state index is -0.171. The first kappa shape index (κ1) is 19.6. The highest BCUT2D eigenvalue weighted by atomic mass is 16.3. The van der Waals surface area contributed by atoms with E-state index in [9.17, 15) is 14.7 Å². The molecule has 24 heavy (non-hydrogen) atoms. The fraction of sp³-hybridized carbons (Fsp3) is 0.905. The van der Waals surface area contributed by atoms with Gasteiger partial charge in [0, 0.05) is 10.8 Å². The highest BCUT2D eigenvalue weighted by Crippen LogP contribution is 2.51. The van der Waals surface area contributed by atoms with Crippen LogP contribution in [0.25, 0.3) is 0 Å². The lowest BCUT2D eigenvalue weighted by Crippen LogP contribution is -2.12. The third-order valence-corrected chi connectivity index (χ3v) is 6.59. The van der Waals surface area contributed by atoms with Gasteiger partial charge in [-0.2, -0.15) is 0 Å². The van der Waals surface area contributed by atoms with E-state index >= 15 is 0 Å². The van der Waals surface area contributed by atoms with Crippen LogP contribution in [0.15, 0.2) is 0 Å². The lowest BCUT2D eigenvalue weighted by atomic mass is 9.93. The van der Waals surface area contributed by atoms with E-state index in [1.807, 2.05) is 0 Å². The maximum Gasteiger partial charge on any atom is 0.135 e. The van der Waals surface area contributed by atoms with Gasteiger partial charge in [-0.1, -0.05) is 38.5 Å². The maximum absolute atomic E-state index is 11.5. The zero-order chi connectivity index (χ0) is 17.6. The number of Topliss-reactive ketones (excluding diaryl/α,β-unsaturated/α-hetero) is 2. The Morgan fingerprint density at radius 1 is 0.750 bits per heavy atom. The molecule has 2 fully saturated rings. The molecule has 2 aliphatic rings. The molecule has 2 rings (SSSR count). The van der Waals surface area contributed by atoms with Gasteiger partial charge in [0.25, 0.3) is 0 Å². The molecule has 3 heteroatoms. The third-order valence-electron chi connectivity index (χ3n) is 6.59. The summed E-state index contributed by atoms with van der Waals surface area (Å²) in [6, 6.07) is 0. The number of aliphatic hydroxyl groups excluding tert-OH is 1. The minimum absolute atomic E-state index is 0.0530. The van der Waals surface area contributed by atoms with Crippen LogP contribution < -0.4 is 0 Å². The molecule has 0 heterocycles. The molecule has 2 saturated carbocycles. The van der Waals surface area contributed by atoms with E-state index in [0.29, 0.717) is 11.6 Å². The van der Waals surface area contributed by atoms with Gasteiger partial charge in [0.05, 0.1) is 6.10 Å². The van der Waals surface area contributed by atoms with Gasteiger partial charge in [-0.15, -0.1) is 0 Å². The van der Waals surface area contributed by atoms with Crippen LogP contribution in [-0.2, 0) is 9.59 Å². The largest absolute Gasteiger partial charge is 0.393 e. The van der Waals surface area contributed by atoms with Crippen LogP contribution in [0.1, 0.15) is 104 Å². The number of ketones is 2. The third kappa shape index (κ3) is 5.68. The van der Waals surface area contributed by atoms with Crippen LogP contribution in [0.3, 0.4) is 0 Å². The van der Waals surface area contributed by atoms with Gasteiger partial charge >= 0.3 is 0 Å². The summed E-state index contributed by atoms with van der Waals surface area (Å²) in [4.78, 5) is 23.0. The molecule has 0 unspecified atom stereocenters. The molecule has 1 N–H and O–H groups in total. The second kappa shape index (κ2) is 8.60. The average Bonchev–Trinajstić information content (AvgIpc) is 3.42. The first-order valence-corrected chi connectivity index (χ1v) is 10.1. The topological polar surface area (TPSA) is 54.4 Å². The molecule has 0 aromatic rings. The zero-order valence-electron chi connectivity index (χ0n) is 15.7. The Balaban J connectivity index is 1.41. The molecular weight excluding hydrogens is 300 g/mol. The first-order valence-electron chi connectivity index (χ1n) is 10.1. The van der Waals surface area contributed by atoms with Gasteiger partial charge < -0.3 is 5.11 Å². The minimum Gasteiger partial charge on any atom is -0.393 e. The Labute approximate surface area is 147 Å². The van der Waals surface area contributed by atoms with Crippen molar-refractivity contribution in [1.29, 1.82) is 0 Å². The zero-order valence-corrected chi connectivity index (χ0v) is 15.7. The molecule has 0 radical (unpaired) electrons. The van der Waals surface area contributed by atoms with E-state index in [4.69, 9.17) is 0 Å². The van der Waals surface area contributed by atoms with Gasteiger partial charge in [0.1, 0.15) is 11.6 Å². The van der Waals surface area contributed by atoms with Crippen LogP contribution in [-0.4, -0.2) is 22.8 Å². The maximum atomic E-state index is 11.5. The normalized spacial score (nSPS) is 20.2. The summed E-state index contributed by atoms with van der Waals surface area (Å²) >= 11 is 0. The predicted octanol–water partition coefficient (Wildman–Crippen LogP) is 4.99. The molecule has 0 spiro atoms. The van der Waals surface area contributed by atoms with Gasteiger partial charge in [-0.25, -0.2) is 0 Å². The monoisotopic (exact) mass is 336 g/mol.